The topological polar surface area (TPSA) is 37.3 Å². The number of benzene rings is 2. The van der Waals surface area contributed by atoms with E-state index in [1.807, 2.05) is 0 Å². The number of hydrogen-bond donors (Lipinski definition) is 1. The van der Waals surface area contributed by atoms with Gasteiger partial charge in [-0.3, -0.25) is 0 Å². The van der Waals surface area contributed by atoms with Crippen molar-refractivity contribution in [1.82, 2.24) is 0 Å². The number of fused-ring (bicyclic) bond motifs is 3. The Kier molecular flexibility index (Phi) is 4.59. The van der Waals surface area contributed by atoms with Crippen LogP contribution in [-0.4, -0.2) is 11.1 Å². The van der Waals surface area contributed by atoms with E-state index in [1.54, 1.807) is 5.56 Å². The Morgan fingerprint density at radius 1 is 1.14 bits per heavy atom. The summed E-state index contributed by atoms with van der Waals surface area (Å²) in [5.41, 5.74) is 7.58. The van der Waals surface area contributed by atoms with Gasteiger partial charge in [-0.15, -0.1) is 0 Å². The average molecular weight is 280 g/mol. The predicted molar refractivity (Wildman–Crippen MR) is 86.5 cm³/mol. The van der Waals surface area contributed by atoms with Gasteiger partial charge in [0.25, 0.3) is 0 Å². The SMILES string of the molecule is C=C(C)C(=O)O.CCc1cccc2c1Cc1ccccc1-2. The molecule has 2 aromatic rings. The molecule has 1 N–H and O–H groups in total. The summed E-state index contributed by atoms with van der Waals surface area (Å²) in [6.07, 6.45) is 2.26. The average Bonchev–Trinajstić information content (AvgIpc) is 2.86. The lowest BCUT2D eigenvalue weighted by Crippen LogP contribution is -1.92. The van der Waals surface area contributed by atoms with Crippen LogP contribution in [-0.2, 0) is 17.6 Å². The lowest BCUT2D eigenvalue weighted by Gasteiger charge is -2.05. The van der Waals surface area contributed by atoms with Gasteiger partial charge >= 0.3 is 5.97 Å². The third-order valence-electron chi connectivity index (χ3n) is 3.69. The highest BCUT2D eigenvalue weighted by Crippen LogP contribution is 2.37. The maximum atomic E-state index is 9.60. The maximum absolute atomic E-state index is 9.60. The molecule has 2 aromatic carbocycles. The third-order valence-corrected chi connectivity index (χ3v) is 3.69. The number of carboxylic acids is 1. The lowest BCUT2D eigenvalue weighted by atomic mass is 10.00. The number of aliphatic carboxylic acids is 1. The van der Waals surface area contributed by atoms with Crippen LogP contribution in [0.5, 0.6) is 0 Å². The van der Waals surface area contributed by atoms with Crippen molar-refractivity contribution in [3.63, 3.8) is 0 Å². The fourth-order valence-corrected chi connectivity index (χ4v) is 2.55. The number of carbonyl (C=O) groups is 1. The zero-order chi connectivity index (χ0) is 15.4. The van der Waals surface area contributed by atoms with Crippen LogP contribution >= 0.6 is 0 Å². The van der Waals surface area contributed by atoms with Crippen LogP contribution in [0.15, 0.2) is 54.6 Å². The van der Waals surface area contributed by atoms with Gasteiger partial charge in [0.2, 0.25) is 0 Å². The van der Waals surface area contributed by atoms with Gasteiger partial charge in [0, 0.05) is 5.57 Å². The molecule has 0 bridgehead atoms. The Morgan fingerprint density at radius 3 is 2.38 bits per heavy atom. The summed E-state index contributed by atoms with van der Waals surface area (Å²) < 4.78 is 0. The zero-order valence-corrected chi connectivity index (χ0v) is 12.5. The number of aryl methyl sites for hydroxylation is 1. The van der Waals surface area contributed by atoms with Crippen molar-refractivity contribution in [2.75, 3.05) is 0 Å². The Labute approximate surface area is 125 Å². The van der Waals surface area contributed by atoms with Gasteiger partial charge in [-0.1, -0.05) is 56.0 Å². The number of hydrogen-bond acceptors (Lipinski definition) is 1. The molecule has 2 nitrogen and oxygen atoms in total. The second kappa shape index (κ2) is 6.40. The molecular formula is C19H20O2. The zero-order valence-electron chi connectivity index (χ0n) is 12.5. The first-order chi connectivity index (χ1) is 10.0. The van der Waals surface area contributed by atoms with E-state index in [9.17, 15) is 4.79 Å². The Morgan fingerprint density at radius 2 is 1.76 bits per heavy atom. The van der Waals surface area contributed by atoms with E-state index in [4.69, 9.17) is 5.11 Å². The van der Waals surface area contributed by atoms with Crippen LogP contribution in [0.1, 0.15) is 30.5 Å². The van der Waals surface area contributed by atoms with E-state index in [-0.39, 0.29) is 5.57 Å². The molecule has 0 spiro atoms. The monoisotopic (exact) mass is 280 g/mol. The molecular weight excluding hydrogens is 260 g/mol. The molecule has 0 saturated carbocycles. The van der Waals surface area contributed by atoms with Crippen LogP contribution in [0.4, 0.5) is 0 Å². The van der Waals surface area contributed by atoms with Gasteiger partial charge in [0.05, 0.1) is 0 Å². The smallest absolute Gasteiger partial charge is 0.330 e. The summed E-state index contributed by atoms with van der Waals surface area (Å²) in [6, 6.07) is 15.4. The number of carboxylic acid groups (broad SMARTS) is 1. The highest BCUT2D eigenvalue weighted by molar-refractivity contribution is 5.84. The van der Waals surface area contributed by atoms with Crippen LogP contribution < -0.4 is 0 Å². The summed E-state index contributed by atoms with van der Waals surface area (Å²) >= 11 is 0. The van der Waals surface area contributed by atoms with Gasteiger partial charge in [0.1, 0.15) is 0 Å². The summed E-state index contributed by atoms with van der Waals surface area (Å²) in [5, 5.41) is 7.89. The molecule has 0 aromatic heterocycles. The molecule has 1 aliphatic rings. The molecule has 0 aliphatic heterocycles. The van der Waals surface area contributed by atoms with Crippen molar-refractivity contribution >= 4 is 5.97 Å². The van der Waals surface area contributed by atoms with E-state index in [2.05, 4.69) is 56.0 Å². The first kappa shape index (κ1) is 15.0. The highest BCUT2D eigenvalue weighted by atomic mass is 16.4. The van der Waals surface area contributed by atoms with Crippen LogP contribution in [0.2, 0.25) is 0 Å². The van der Waals surface area contributed by atoms with Gasteiger partial charge in [-0.2, -0.15) is 0 Å². The van der Waals surface area contributed by atoms with Crippen LogP contribution in [0.3, 0.4) is 0 Å². The molecule has 0 saturated heterocycles. The summed E-state index contributed by atoms with van der Waals surface area (Å²) in [6.45, 7) is 6.84. The van der Waals surface area contributed by atoms with Crippen molar-refractivity contribution in [3.05, 3.63) is 71.3 Å². The first-order valence-electron chi connectivity index (χ1n) is 7.12. The quantitative estimate of drug-likeness (QED) is 0.703. The second-order valence-corrected chi connectivity index (χ2v) is 5.22. The first-order valence-corrected chi connectivity index (χ1v) is 7.12. The van der Waals surface area contributed by atoms with Crippen molar-refractivity contribution in [2.24, 2.45) is 0 Å². The largest absolute Gasteiger partial charge is 0.478 e. The van der Waals surface area contributed by atoms with Gasteiger partial charge in [0.15, 0.2) is 0 Å². The predicted octanol–water partition coefficient (Wildman–Crippen LogP) is 4.47. The molecule has 0 radical (unpaired) electrons. The van der Waals surface area contributed by atoms with E-state index in [0.29, 0.717) is 0 Å². The summed E-state index contributed by atoms with van der Waals surface area (Å²) in [4.78, 5) is 9.60. The maximum Gasteiger partial charge on any atom is 0.330 e. The Balaban J connectivity index is 0.000000232. The summed E-state index contributed by atoms with van der Waals surface area (Å²) in [5.74, 6) is -0.935. The molecule has 0 heterocycles. The van der Waals surface area contributed by atoms with Crippen molar-refractivity contribution in [1.29, 1.82) is 0 Å². The molecule has 108 valence electrons. The summed E-state index contributed by atoms with van der Waals surface area (Å²) in [7, 11) is 0. The van der Waals surface area contributed by atoms with E-state index in [0.717, 1.165) is 12.8 Å². The molecule has 0 amide bonds. The fraction of sp³-hybridized carbons (Fsp3) is 0.211. The minimum absolute atomic E-state index is 0.176. The van der Waals surface area contributed by atoms with Gasteiger partial charge in [-0.05, 0) is 47.6 Å². The van der Waals surface area contributed by atoms with Crippen LogP contribution in [0, 0.1) is 0 Å². The number of rotatable bonds is 2. The Bertz CT molecular complexity index is 672. The minimum Gasteiger partial charge on any atom is -0.478 e. The van der Waals surface area contributed by atoms with Gasteiger partial charge in [-0.25, -0.2) is 4.79 Å². The van der Waals surface area contributed by atoms with Crippen molar-refractivity contribution in [2.45, 2.75) is 26.7 Å². The Hall–Kier alpha value is -2.35. The molecule has 0 fully saturated rings. The fourth-order valence-electron chi connectivity index (χ4n) is 2.55. The molecule has 1 aliphatic carbocycles. The minimum atomic E-state index is -0.935. The molecule has 3 rings (SSSR count). The second-order valence-electron chi connectivity index (χ2n) is 5.22. The molecule has 21 heavy (non-hydrogen) atoms. The lowest BCUT2D eigenvalue weighted by molar-refractivity contribution is -0.132. The highest BCUT2D eigenvalue weighted by Gasteiger charge is 2.19. The van der Waals surface area contributed by atoms with Crippen molar-refractivity contribution in [3.8, 4) is 11.1 Å². The van der Waals surface area contributed by atoms with Crippen molar-refractivity contribution < 1.29 is 9.90 Å². The molecule has 0 unspecified atom stereocenters. The van der Waals surface area contributed by atoms with E-state index >= 15 is 0 Å². The third kappa shape index (κ3) is 3.22. The normalized spacial score (nSPS) is 11.0. The van der Waals surface area contributed by atoms with E-state index in [1.165, 1.54) is 29.2 Å². The standard InChI is InChI=1S/C15H14.C4H6O2/c1-2-11-7-5-9-14-13-8-4-3-6-12(13)10-15(11)14;1-3(2)4(5)6/h3-9H,2,10H2,1H3;1H2,2H3,(H,5,6). The van der Waals surface area contributed by atoms with Gasteiger partial charge < -0.3 is 5.11 Å². The van der Waals surface area contributed by atoms with Crippen LogP contribution in [0.25, 0.3) is 11.1 Å². The molecule has 0 atom stereocenters. The van der Waals surface area contributed by atoms with E-state index < -0.39 is 5.97 Å². The molecule has 2 heteroatoms.